The molecule has 1 atom stereocenters. The minimum atomic E-state index is -3.47. The molecule has 30 heavy (non-hydrogen) atoms. The summed E-state index contributed by atoms with van der Waals surface area (Å²) >= 11 is 0. The SMILES string of the molecule is CCN(CC)S(=O)(=O)N1CCC[C@@H](c2nc(C)c3c(n2)N(CC2CC2)C(=O)CC3)C1. The van der Waals surface area contributed by atoms with Gasteiger partial charge in [0.15, 0.2) is 0 Å². The quantitative estimate of drug-likeness (QED) is 0.656. The molecule has 2 aliphatic heterocycles. The Morgan fingerprint density at radius 1 is 1.10 bits per heavy atom. The molecule has 0 unspecified atom stereocenters. The molecule has 1 aliphatic carbocycles. The van der Waals surface area contributed by atoms with Crippen LogP contribution in [0.25, 0.3) is 0 Å². The fourth-order valence-electron chi connectivity index (χ4n) is 4.61. The monoisotopic (exact) mass is 435 g/mol. The topological polar surface area (TPSA) is 86.7 Å². The first kappa shape index (κ1) is 21.6. The molecule has 0 radical (unpaired) electrons. The highest BCUT2D eigenvalue weighted by atomic mass is 32.2. The summed E-state index contributed by atoms with van der Waals surface area (Å²) in [4.78, 5) is 24.1. The van der Waals surface area contributed by atoms with E-state index in [2.05, 4.69) is 0 Å². The number of carbonyl (C=O) groups excluding carboxylic acids is 1. The molecule has 1 amide bonds. The lowest BCUT2D eigenvalue weighted by molar-refractivity contribution is -0.119. The molecule has 1 aromatic heterocycles. The van der Waals surface area contributed by atoms with Gasteiger partial charge in [-0.25, -0.2) is 9.97 Å². The van der Waals surface area contributed by atoms with Crippen molar-refractivity contribution >= 4 is 21.9 Å². The molecule has 0 N–H and O–H groups in total. The van der Waals surface area contributed by atoms with Crippen molar-refractivity contribution in [1.29, 1.82) is 0 Å². The molecule has 166 valence electrons. The number of aromatic nitrogens is 2. The Hall–Kier alpha value is -1.58. The summed E-state index contributed by atoms with van der Waals surface area (Å²) in [5.41, 5.74) is 1.99. The highest BCUT2D eigenvalue weighted by Gasteiger charge is 2.36. The molecule has 4 rings (SSSR count). The Kier molecular flexibility index (Phi) is 6.14. The summed E-state index contributed by atoms with van der Waals surface area (Å²) in [6, 6.07) is 0. The van der Waals surface area contributed by atoms with E-state index in [1.807, 2.05) is 25.7 Å². The molecule has 3 aliphatic rings. The highest BCUT2D eigenvalue weighted by molar-refractivity contribution is 7.86. The van der Waals surface area contributed by atoms with Crippen molar-refractivity contribution in [2.75, 3.05) is 37.6 Å². The summed E-state index contributed by atoms with van der Waals surface area (Å²) in [6.45, 7) is 8.32. The predicted molar refractivity (Wildman–Crippen MR) is 116 cm³/mol. The van der Waals surface area contributed by atoms with Gasteiger partial charge in [0.25, 0.3) is 10.2 Å². The lowest BCUT2D eigenvalue weighted by Gasteiger charge is -2.35. The van der Waals surface area contributed by atoms with Crippen LogP contribution in [0.4, 0.5) is 5.82 Å². The number of carbonyl (C=O) groups is 1. The summed E-state index contributed by atoms with van der Waals surface area (Å²) in [6.07, 6.45) is 5.21. The Labute approximate surface area is 179 Å². The second-order valence-electron chi connectivity index (χ2n) is 8.71. The largest absolute Gasteiger partial charge is 0.296 e. The van der Waals surface area contributed by atoms with E-state index in [9.17, 15) is 13.2 Å². The van der Waals surface area contributed by atoms with Gasteiger partial charge in [-0.05, 0) is 44.9 Å². The van der Waals surface area contributed by atoms with Crippen LogP contribution in [-0.2, 0) is 21.4 Å². The zero-order valence-electron chi connectivity index (χ0n) is 18.3. The highest BCUT2D eigenvalue weighted by Crippen LogP contribution is 2.36. The third kappa shape index (κ3) is 4.11. The predicted octanol–water partition coefficient (Wildman–Crippen LogP) is 2.24. The van der Waals surface area contributed by atoms with E-state index in [0.717, 1.165) is 36.5 Å². The molecule has 2 fully saturated rings. The fourth-order valence-corrected chi connectivity index (χ4v) is 6.32. The molecule has 3 heterocycles. The molecular weight excluding hydrogens is 402 g/mol. The maximum atomic E-state index is 13.0. The number of aryl methyl sites for hydroxylation is 1. The number of piperidine rings is 1. The zero-order valence-corrected chi connectivity index (χ0v) is 19.1. The Morgan fingerprint density at radius 3 is 2.50 bits per heavy atom. The lowest BCUT2D eigenvalue weighted by atomic mass is 9.97. The summed E-state index contributed by atoms with van der Waals surface area (Å²) in [5, 5.41) is 0. The van der Waals surface area contributed by atoms with Gasteiger partial charge in [-0.3, -0.25) is 9.69 Å². The van der Waals surface area contributed by atoms with E-state index in [0.29, 0.717) is 50.8 Å². The van der Waals surface area contributed by atoms with Crippen LogP contribution in [0.5, 0.6) is 0 Å². The van der Waals surface area contributed by atoms with Crippen molar-refractivity contribution in [3.8, 4) is 0 Å². The Bertz CT molecular complexity index is 911. The molecular formula is C21H33N5O3S. The van der Waals surface area contributed by atoms with E-state index in [-0.39, 0.29) is 11.8 Å². The van der Waals surface area contributed by atoms with Crippen LogP contribution in [0.2, 0.25) is 0 Å². The maximum absolute atomic E-state index is 13.0. The minimum Gasteiger partial charge on any atom is -0.296 e. The van der Waals surface area contributed by atoms with E-state index < -0.39 is 10.2 Å². The second-order valence-corrected chi connectivity index (χ2v) is 10.6. The van der Waals surface area contributed by atoms with Gasteiger partial charge in [0, 0.05) is 56.3 Å². The average Bonchev–Trinajstić information content (AvgIpc) is 3.55. The number of fused-ring (bicyclic) bond motifs is 1. The van der Waals surface area contributed by atoms with E-state index in [4.69, 9.17) is 9.97 Å². The first-order valence-corrected chi connectivity index (χ1v) is 12.7. The van der Waals surface area contributed by atoms with Gasteiger partial charge in [-0.2, -0.15) is 17.0 Å². The van der Waals surface area contributed by atoms with Crippen LogP contribution in [0.1, 0.15) is 69.0 Å². The number of anilines is 1. The maximum Gasteiger partial charge on any atom is 0.281 e. The van der Waals surface area contributed by atoms with Crippen LogP contribution < -0.4 is 4.90 Å². The minimum absolute atomic E-state index is 0.0482. The van der Waals surface area contributed by atoms with Gasteiger partial charge in [0.05, 0.1) is 0 Å². The van der Waals surface area contributed by atoms with Crippen LogP contribution in [0, 0.1) is 12.8 Å². The Morgan fingerprint density at radius 2 is 1.83 bits per heavy atom. The standard InChI is InChI=1S/C21H33N5O3S/c1-4-24(5-2)30(28,29)25-12-6-7-17(14-25)20-22-15(3)18-10-11-19(27)26(21(18)23-20)13-16-8-9-16/h16-17H,4-14H2,1-3H3/t17-/m1/s1. The van der Waals surface area contributed by atoms with Crippen molar-refractivity contribution in [3.63, 3.8) is 0 Å². The molecule has 0 aromatic carbocycles. The van der Waals surface area contributed by atoms with Crippen molar-refractivity contribution in [2.24, 2.45) is 5.92 Å². The van der Waals surface area contributed by atoms with E-state index >= 15 is 0 Å². The summed E-state index contributed by atoms with van der Waals surface area (Å²) in [5.74, 6) is 2.13. The number of hydrogen-bond donors (Lipinski definition) is 0. The summed E-state index contributed by atoms with van der Waals surface area (Å²) < 4.78 is 29.1. The van der Waals surface area contributed by atoms with Crippen molar-refractivity contribution in [1.82, 2.24) is 18.6 Å². The van der Waals surface area contributed by atoms with Gasteiger partial charge >= 0.3 is 0 Å². The van der Waals surface area contributed by atoms with Crippen LogP contribution in [0.15, 0.2) is 0 Å². The number of nitrogens with zero attached hydrogens (tertiary/aromatic N) is 5. The van der Waals surface area contributed by atoms with Gasteiger partial charge in [-0.1, -0.05) is 13.8 Å². The van der Waals surface area contributed by atoms with Crippen molar-refractivity contribution < 1.29 is 13.2 Å². The lowest BCUT2D eigenvalue weighted by Crippen LogP contribution is -2.47. The molecule has 0 spiro atoms. The molecule has 1 aromatic rings. The smallest absolute Gasteiger partial charge is 0.281 e. The third-order valence-corrected chi connectivity index (χ3v) is 8.75. The Balaban J connectivity index is 1.62. The van der Waals surface area contributed by atoms with Crippen LogP contribution in [0.3, 0.4) is 0 Å². The molecule has 1 saturated heterocycles. The molecule has 9 heteroatoms. The van der Waals surface area contributed by atoms with Crippen LogP contribution in [-0.4, -0.2) is 65.6 Å². The number of rotatable bonds is 7. The van der Waals surface area contributed by atoms with Gasteiger partial charge in [0.2, 0.25) is 5.91 Å². The molecule has 0 bridgehead atoms. The fraction of sp³-hybridized carbons (Fsp3) is 0.762. The summed E-state index contributed by atoms with van der Waals surface area (Å²) in [7, 11) is -3.47. The second kappa shape index (κ2) is 8.51. The van der Waals surface area contributed by atoms with E-state index in [1.165, 1.54) is 17.1 Å². The van der Waals surface area contributed by atoms with Gasteiger partial charge in [-0.15, -0.1) is 0 Å². The number of hydrogen-bond acceptors (Lipinski definition) is 5. The van der Waals surface area contributed by atoms with Crippen molar-refractivity contribution in [2.45, 2.75) is 65.2 Å². The first-order chi connectivity index (χ1) is 14.3. The van der Waals surface area contributed by atoms with E-state index in [1.54, 1.807) is 4.31 Å². The molecule has 8 nitrogen and oxygen atoms in total. The van der Waals surface area contributed by atoms with Crippen LogP contribution >= 0.6 is 0 Å². The average molecular weight is 436 g/mol. The van der Waals surface area contributed by atoms with Gasteiger partial charge < -0.3 is 0 Å². The molecule has 1 saturated carbocycles. The number of amides is 1. The normalized spacial score (nSPS) is 23.1. The zero-order chi connectivity index (χ0) is 21.5. The van der Waals surface area contributed by atoms with Gasteiger partial charge in [0.1, 0.15) is 11.6 Å². The van der Waals surface area contributed by atoms with Crippen molar-refractivity contribution in [3.05, 3.63) is 17.1 Å². The third-order valence-electron chi connectivity index (χ3n) is 6.60. The first-order valence-electron chi connectivity index (χ1n) is 11.3.